The van der Waals surface area contributed by atoms with E-state index in [2.05, 4.69) is 15.1 Å². The molecule has 8 nitrogen and oxygen atoms in total. The molecule has 0 fully saturated rings. The van der Waals surface area contributed by atoms with E-state index in [1.54, 1.807) is 36.4 Å². The van der Waals surface area contributed by atoms with E-state index in [0.717, 1.165) is 10.2 Å². The summed E-state index contributed by atoms with van der Waals surface area (Å²) >= 11 is 0. The summed E-state index contributed by atoms with van der Waals surface area (Å²) < 4.78 is 28.0. The number of aryl methyl sites for hydroxylation is 1. The molecule has 9 heteroatoms. The molecule has 150 valence electrons. The average molecular weight is 412 g/mol. The van der Waals surface area contributed by atoms with Crippen LogP contribution >= 0.6 is 0 Å². The molecule has 1 heterocycles. The van der Waals surface area contributed by atoms with Crippen LogP contribution in [-0.2, 0) is 10.0 Å². The van der Waals surface area contributed by atoms with Gasteiger partial charge in [-0.2, -0.15) is 9.78 Å². The molecule has 0 saturated carbocycles. The predicted molar refractivity (Wildman–Crippen MR) is 109 cm³/mol. The van der Waals surface area contributed by atoms with Gasteiger partial charge in [0.1, 0.15) is 5.69 Å². The minimum Gasteiger partial charge on any atom is -0.349 e. The highest BCUT2D eigenvalue weighted by Crippen LogP contribution is 2.09. The van der Waals surface area contributed by atoms with E-state index >= 15 is 0 Å². The average Bonchev–Trinajstić information content (AvgIpc) is 2.72. The van der Waals surface area contributed by atoms with Gasteiger partial charge in [0.05, 0.1) is 10.6 Å². The maximum absolute atomic E-state index is 12.3. The monoisotopic (exact) mass is 412 g/mol. The van der Waals surface area contributed by atoms with Crippen molar-refractivity contribution in [2.45, 2.75) is 11.8 Å². The number of para-hydroxylation sites is 1. The highest BCUT2D eigenvalue weighted by Gasteiger charge is 2.14. The van der Waals surface area contributed by atoms with Gasteiger partial charge in [-0.05, 0) is 37.3 Å². The van der Waals surface area contributed by atoms with Crippen molar-refractivity contribution in [2.24, 2.45) is 0 Å². The number of nitrogens with zero attached hydrogens (tertiary/aromatic N) is 2. The summed E-state index contributed by atoms with van der Waals surface area (Å²) in [5.41, 5.74) is 1.19. The third-order valence-corrected chi connectivity index (χ3v) is 5.54. The molecule has 0 aliphatic heterocycles. The van der Waals surface area contributed by atoms with Crippen molar-refractivity contribution >= 4 is 15.9 Å². The lowest BCUT2D eigenvalue weighted by Crippen LogP contribution is -2.35. The number of sulfonamides is 1. The van der Waals surface area contributed by atoms with Crippen molar-refractivity contribution in [2.75, 3.05) is 13.1 Å². The van der Waals surface area contributed by atoms with Gasteiger partial charge in [-0.3, -0.25) is 9.59 Å². The molecule has 2 N–H and O–H groups in total. The molecule has 0 bridgehead atoms. The number of nitrogens with one attached hydrogen (secondary N) is 2. The van der Waals surface area contributed by atoms with Gasteiger partial charge in [-0.1, -0.05) is 35.9 Å². The second-order valence-electron chi connectivity index (χ2n) is 6.27. The number of benzene rings is 2. The van der Waals surface area contributed by atoms with Crippen molar-refractivity contribution in [3.8, 4) is 5.69 Å². The van der Waals surface area contributed by atoms with Gasteiger partial charge in [0, 0.05) is 19.2 Å². The summed E-state index contributed by atoms with van der Waals surface area (Å²) in [4.78, 5) is 24.5. The number of carbonyl (C=O) groups excluding carboxylic acids is 1. The van der Waals surface area contributed by atoms with Gasteiger partial charge in [0.15, 0.2) is 0 Å². The van der Waals surface area contributed by atoms with E-state index in [0.29, 0.717) is 5.69 Å². The molecule has 2 aromatic carbocycles. The fraction of sp³-hybridized carbons (Fsp3) is 0.150. The topological polar surface area (TPSA) is 110 Å². The van der Waals surface area contributed by atoms with Gasteiger partial charge in [-0.25, -0.2) is 13.1 Å². The van der Waals surface area contributed by atoms with E-state index < -0.39 is 15.9 Å². The van der Waals surface area contributed by atoms with Crippen LogP contribution in [0.1, 0.15) is 16.1 Å². The number of aromatic nitrogens is 2. The van der Waals surface area contributed by atoms with Crippen LogP contribution in [0.4, 0.5) is 0 Å². The van der Waals surface area contributed by atoms with Crippen LogP contribution in [0.2, 0.25) is 0 Å². The third-order valence-electron chi connectivity index (χ3n) is 4.07. The molecule has 0 atom stereocenters. The SMILES string of the molecule is Cc1ccc(S(=O)(=O)NCCNC(=O)c2ccc(=O)n(-c3ccccc3)n2)cc1. The first-order valence-corrected chi connectivity index (χ1v) is 10.4. The van der Waals surface area contributed by atoms with Crippen molar-refractivity contribution in [1.29, 1.82) is 0 Å². The molecule has 1 aromatic heterocycles. The Kier molecular flexibility index (Phi) is 6.20. The highest BCUT2D eigenvalue weighted by molar-refractivity contribution is 7.89. The van der Waals surface area contributed by atoms with Crippen LogP contribution < -0.4 is 15.6 Å². The fourth-order valence-corrected chi connectivity index (χ4v) is 3.57. The predicted octanol–water partition coefficient (Wildman–Crippen LogP) is 1.25. The summed E-state index contributed by atoms with van der Waals surface area (Å²) in [6, 6.07) is 17.8. The maximum Gasteiger partial charge on any atom is 0.271 e. The molecular formula is C20H20N4O4S. The molecule has 0 unspecified atom stereocenters. The number of carbonyl (C=O) groups is 1. The lowest BCUT2D eigenvalue weighted by molar-refractivity contribution is 0.0947. The number of amides is 1. The van der Waals surface area contributed by atoms with Gasteiger partial charge in [0.25, 0.3) is 11.5 Å². The Morgan fingerprint density at radius 1 is 0.966 bits per heavy atom. The van der Waals surface area contributed by atoms with Crippen LogP contribution in [0.15, 0.2) is 76.4 Å². The van der Waals surface area contributed by atoms with Crippen molar-refractivity contribution in [3.63, 3.8) is 0 Å². The Morgan fingerprint density at radius 2 is 1.66 bits per heavy atom. The molecular weight excluding hydrogens is 392 g/mol. The summed E-state index contributed by atoms with van der Waals surface area (Å²) in [6.07, 6.45) is 0. The minimum absolute atomic E-state index is 0.0142. The zero-order valence-electron chi connectivity index (χ0n) is 15.7. The van der Waals surface area contributed by atoms with Crippen LogP contribution in [0.3, 0.4) is 0 Å². The molecule has 0 saturated heterocycles. The second kappa shape index (κ2) is 8.80. The first-order valence-electron chi connectivity index (χ1n) is 8.87. The summed E-state index contributed by atoms with van der Waals surface area (Å²) in [5.74, 6) is -0.510. The van der Waals surface area contributed by atoms with E-state index in [1.807, 2.05) is 13.0 Å². The lowest BCUT2D eigenvalue weighted by Gasteiger charge is -2.09. The molecule has 29 heavy (non-hydrogen) atoms. The molecule has 1 amide bonds. The molecule has 0 aliphatic carbocycles. The van der Waals surface area contributed by atoms with Gasteiger partial charge in [0.2, 0.25) is 10.0 Å². The Labute approximate surface area is 168 Å². The second-order valence-corrected chi connectivity index (χ2v) is 8.04. The van der Waals surface area contributed by atoms with E-state index in [9.17, 15) is 18.0 Å². The molecule has 0 radical (unpaired) electrons. The third kappa shape index (κ3) is 5.15. The molecule has 3 rings (SSSR count). The van der Waals surface area contributed by atoms with Gasteiger partial charge >= 0.3 is 0 Å². The number of rotatable bonds is 7. The zero-order chi connectivity index (χ0) is 20.9. The largest absolute Gasteiger partial charge is 0.349 e. The molecule has 0 aliphatic rings. The minimum atomic E-state index is -3.65. The fourth-order valence-electron chi connectivity index (χ4n) is 2.54. The summed E-state index contributed by atoms with van der Waals surface area (Å²) in [6.45, 7) is 1.95. The van der Waals surface area contributed by atoms with Crippen molar-refractivity contribution in [1.82, 2.24) is 19.8 Å². The van der Waals surface area contributed by atoms with Crippen molar-refractivity contribution in [3.05, 3.63) is 88.3 Å². The summed E-state index contributed by atoms with van der Waals surface area (Å²) in [5, 5.41) is 6.67. The summed E-state index contributed by atoms with van der Waals surface area (Å²) in [7, 11) is -3.65. The normalized spacial score (nSPS) is 11.2. The Hall–Kier alpha value is -3.30. The molecule has 0 spiro atoms. The van der Waals surface area contributed by atoms with E-state index in [-0.39, 0.29) is 29.2 Å². The zero-order valence-corrected chi connectivity index (χ0v) is 16.5. The van der Waals surface area contributed by atoms with Crippen LogP contribution in [0, 0.1) is 6.92 Å². The number of hydrogen-bond acceptors (Lipinski definition) is 5. The Morgan fingerprint density at radius 3 is 2.34 bits per heavy atom. The molecule has 3 aromatic rings. The van der Waals surface area contributed by atoms with Gasteiger partial charge < -0.3 is 5.32 Å². The smallest absolute Gasteiger partial charge is 0.271 e. The maximum atomic E-state index is 12.3. The number of hydrogen-bond donors (Lipinski definition) is 2. The standard InChI is InChI=1S/C20H20N4O4S/c1-15-7-9-17(10-8-15)29(27,28)22-14-13-21-20(26)18-11-12-19(25)24(23-18)16-5-3-2-4-6-16/h2-12,22H,13-14H2,1H3,(H,21,26). The highest BCUT2D eigenvalue weighted by atomic mass is 32.2. The van der Waals surface area contributed by atoms with E-state index in [4.69, 9.17) is 0 Å². The first kappa shape index (κ1) is 20.4. The Bertz CT molecular complexity index is 1160. The lowest BCUT2D eigenvalue weighted by atomic mass is 10.2. The van der Waals surface area contributed by atoms with E-state index in [1.165, 1.54) is 24.3 Å². The van der Waals surface area contributed by atoms with Crippen molar-refractivity contribution < 1.29 is 13.2 Å². The first-order chi connectivity index (χ1) is 13.9. The quantitative estimate of drug-likeness (QED) is 0.568. The Balaban J connectivity index is 1.60. The van der Waals surface area contributed by atoms with Crippen LogP contribution in [0.5, 0.6) is 0 Å². The van der Waals surface area contributed by atoms with Gasteiger partial charge in [-0.15, -0.1) is 0 Å². The van der Waals surface area contributed by atoms with Crippen LogP contribution in [0.25, 0.3) is 5.69 Å². The van der Waals surface area contributed by atoms with Crippen LogP contribution in [-0.4, -0.2) is 37.2 Å².